The zero-order valence-electron chi connectivity index (χ0n) is 13.4. The van der Waals surface area contributed by atoms with E-state index in [0.29, 0.717) is 19.4 Å². The van der Waals surface area contributed by atoms with Gasteiger partial charge in [0.1, 0.15) is 5.75 Å². The van der Waals surface area contributed by atoms with Crippen LogP contribution in [-0.2, 0) is 11.3 Å². The lowest BCUT2D eigenvalue weighted by Crippen LogP contribution is -2.50. The Hall–Kier alpha value is -1.54. The first-order valence-corrected chi connectivity index (χ1v) is 7.53. The molecule has 1 aromatic carbocycles. The van der Waals surface area contributed by atoms with E-state index in [-0.39, 0.29) is 12.0 Å². The van der Waals surface area contributed by atoms with E-state index in [0.717, 1.165) is 11.3 Å². The number of methoxy groups -OCH3 is 1. The zero-order valence-corrected chi connectivity index (χ0v) is 13.4. The quantitative estimate of drug-likeness (QED) is 0.837. The summed E-state index contributed by atoms with van der Waals surface area (Å²) < 4.78 is 11.1. The Labute approximate surface area is 132 Å². The molecule has 22 heavy (non-hydrogen) atoms. The van der Waals surface area contributed by atoms with Crippen molar-refractivity contribution in [3.05, 3.63) is 29.8 Å². The second-order valence-corrected chi connectivity index (χ2v) is 6.01. The number of ether oxygens (including phenoxy) is 2. The normalized spacial score (nSPS) is 31.2. The number of hydrogen-bond acceptors (Lipinski definition) is 4. The van der Waals surface area contributed by atoms with Crippen LogP contribution in [0, 0.1) is 17.8 Å². The van der Waals surface area contributed by atoms with Crippen molar-refractivity contribution in [2.24, 2.45) is 5.92 Å². The molecule has 1 aliphatic rings. The first-order valence-electron chi connectivity index (χ1n) is 7.53. The van der Waals surface area contributed by atoms with Gasteiger partial charge in [0, 0.05) is 12.3 Å². The lowest BCUT2D eigenvalue weighted by atomic mass is 9.76. The average Bonchev–Trinajstić information content (AvgIpc) is 2.50. The van der Waals surface area contributed by atoms with Crippen LogP contribution in [0.4, 0.5) is 0 Å². The Bertz CT molecular complexity index is 538. The summed E-state index contributed by atoms with van der Waals surface area (Å²) in [5.74, 6) is 6.73. The summed E-state index contributed by atoms with van der Waals surface area (Å²) in [7, 11) is 1.63. The van der Waals surface area contributed by atoms with E-state index in [9.17, 15) is 10.2 Å². The lowest BCUT2D eigenvalue weighted by Gasteiger charge is -2.41. The van der Waals surface area contributed by atoms with Gasteiger partial charge >= 0.3 is 0 Å². The van der Waals surface area contributed by atoms with Crippen LogP contribution < -0.4 is 4.74 Å². The van der Waals surface area contributed by atoms with Crippen LogP contribution in [0.3, 0.4) is 0 Å². The van der Waals surface area contributed by atoms with E-state index in [1.54, 1.807) is 21.0 Å². The van der Waals surface area contributed by atoms with Crippen molar-refractivity contribution in [3.63, 3.8) is 0 Å². The highest BCUT2D eigenvalue weighted by molar-refractivity contribution is 5.26. The van der Waals surface area contributed by atoms with Crippen LogP contribution in [0.2, 0.25) is 0 Å². The predicted molar refractivity (Wildman–Crippen MR) is 84.4 cm³/mol. The fraction of sp³-hybridized carbons (Fsp3) is 0.556. The minimum absolute atomic E-state index is 0.0570. The van der Waals surface area contributed by atoms with Crippen LogP contribution in [0.15, 0.2) is 24.3 Å². The molecule has 0 unspecified atom stereocenters. The molecule has 0 aliphatic heterocycles. The van der Waals surface area contributed by atoms with Gasteiger partial charge in [-0.15, -0.1) is 5.92 Å². The van der Waals surface area contributed by atoms with Gasteiger partial charge in [0.15, 0.2) is 0 Å². The van der Waals surface area contributed by atoms with E-state index < -0.39 is 11.7 Å². The van der Waals surface area contributed by atoms with Crippen LogP contribution >= 0.6 is 0 Å². The summed E-state index contributed by atoms with van der Waals surface area (Å²) in [6.07, 6.45) is -0.141. The monoisotopic (exact) mass is 304 g/mol. The van der Waals surface area contributed by atoms with Gasteiger partial charge in [-0.05, 0) is 38.0 Å². The lowest BCUT2D eigenvalue weighted by molar-refractivity contribution is -0.145. The molecule has 0 heterocycles. The highest BCUT2D eigenvalue weighted by Crippen LogP contribution is 2.34. The van der Waals surface area contributed by atoms with Gasteiger partial charge in [0.05, 0.1) is 31.5 Å². The molecular weight excluding hydrogens is 280 g/mol. The van der Waals surface area contributed by atoms with Crippen molar-refractivity contribution >= 4 is 0 Å². The van der Waals surface area contributed by atoms with Gasteiger partial charge < -0.3 is 19.7 Å². The Balaban J connectivity index is 2.02. The van der Waals surface area contributed by atoms with Gasteiger partial charge in [-0.25, -0.2) is 0 Å². The minimum atomic E-state index is -1.13. The molecule has 1 fully saturated rings. The molecule has 0 spiro atoms. The van der Waals surface area contributed by atoms with Crippen molar-refractivity contribution in [3.8, 4) is 17.6 Å². The largest absolute Gasteiger partial charge is 0.497 e. The second kappa shape index (κ2) is 7.15. The van der Waals surface area contributed by atoms with E-state index >= 15 is 0 Å². The second-order valence-electron chi connectivity index (χ2n) is 6.01. The summed E-state index contributed by atoms with van der Waals surface area (Å²) in [4.78, 5) is 0. The predicted octanol–water partition coefficient (Wildman–Crippen LogP) is 2.13. The molecule has 4 nitrogen and oxygen atoms in total. The SMILES string of the molecule is CC#C[C@H]1C[C@@H](O)[C@@](C)(O)C[C@@H]1OCc1ccc(OC)cc1. The topological polar surface area (TPSA) is 58.9 Å². The Morgan fingerprint density at radius 3 is 2.59 bits per heavy atom. The van der Waals surface area contributed by atoms with Gasteiger partial charge in [-0.2, -0.15) is 0 Å². The zero-order chi connectivity index (χ0) is 16.2. The molecule has 4 heteroatoms. The summed E-state index contributed by atoms with van der Waals surface area (Å²) >= 11 is 0. The summed E-state index contributed by atoms with van der Waals surface area (Å²) in [5, 5.41) is 20.3. The van der Waals surface area contributed by atoms with Crippen molar-refractivity contribution in [1.82, 2.24) is 0 Å². The third-order valence-corrected chi connectivity index (χ3v) is 4.21. The first-order chi connectivity index (χ1) is 10.5. The molecule has 0 amide bonds. The maximum Gasteiger partial charge on any atom is 0.118 e. The molecule has 0 bridgehead atoms. The van der Waals surface area contributed by atoms with Crippen LogP contribution in [0.1, 0.15) is 32.3 Å². The number of aliphatic hydroxyl groups is 2. The molecule has 0 radical (unpaired) electrons. The first kappa shape index (κ1) is 16.8. The maximum absolute atomic E-state index is 10.3. The van der Waals surface area contributed by atoms with E-state index in [2.05, 4.69) is 11.8 Å². The Kier molecular flexibility index (Phi) is 5.47. The molecule has 0 aromatic heterocycles. The van der Waals surface area contributed by atoms with Crippen LogP contribution in [0.5, 0.6) is 5.75 Å². The molecule has 1 saturated carbocycles. The molecule has 120 valence electrons. The summed E-state index contributed by atoms with van der Waals surface area (Å²) in [6, 6.07) is 7.69. The summed E-state index contributed by atoms with van der Waals surface area (Å²) in [6.45, 7) is 3.87. The fourth-order valence-electron chi connectivity index (χ4n) is 2.77. The van der Waals surface area contributed by atoms with E-state index in [1.807, 2.05) is 24.3 Å². The van der Waals surface area contributed by atoms with E-state index in [1.165, 1.54) is 0 Å². The number of hydrogen-bond donors (Lipinski definition) is 2. The van der Waals surface area contributed by atoms with Crippen LogP contribution in [0.25, 0.3) is 0 Å². The van der Waals surface area contributed by atoms with E-state index in [4.69, 9.17) is 9.47 Å². The third-order valence-electron chi connectivity index (χ3n) is 4.21. The maximum atomic E-state index is 10.3. The minimum Gasteiger partial charge on any atom is -0.497 e. The van der Waals surface area contributed by atoms with Gasteiger partial charge in [-0.3, -0.25) is 0 Å². The molecule has 2 N–H and O–H groups in total. The van der Waals surface area contributed by atoms with Gasteiger partial charge in [0.25, 0.3) is 0 Å². The molecule has 4 atom stereocenters. The highest BCUT2D eigenvalue weighted by atomic mass is 16.5. The Morgan fingerprint density at radius 2 is 2.00 bits per heavy atom. The number of benzene rings is 1. The smallest absolute Gasteiger partial charge is 0.118 e. The highest BCUT2D eigenvalue weighted by Gasteiger charge is 2.43. The molecule has 0 saturated heterocycles. The third kappa shape index (κ3) is 4.01. The van der Waals surface area contributed by atoms with Crippen molar-refractivity contribution in [2.75, 3.05) is 7.11 Å². The molecule has 2 rings (SSSR count). The molecule has 1 aliphatic carbocycles. The molecular formula is C18H24O4. The van der Waals surface area contributed by atoms with Gasteiger partial charge in [-0.1, -0.05) is 18.1 Å². The van der Waals surface area contributed by atoms with Crippen molar-refractivity contribution < 1.29 is 19.7 Å². The van der Waals surface area contributed by atoms with Crippen molar-refractivity contribution in [1.29, 1.82) is 0 Å². The number of rotatable bonds is 4. The van der Waals surface area contributed by atoms with Gasteiger partial charge in [0.2, 0.25) is 0 Å². The fourth-order valence-corrected chi connectivity index (χ4v) is 2.77. The average molecular weight is 304 g/mol. The van der Waals surface area contributed by atoms with Crippen LogP contribution in [-0.4, -0.2) is 35.1 Å². The summed E-state index contributed by atoms with van der Waals surface area (Å²) in [5.41, 5.74) is -0.0916. The Morgan fingerprint density at radius 1 is 1.32 bits per heavy atom. The van der Waals surface area contributed by atoms with Crippen molar-refractivity contribution in [2.45, 2.75) is 51.1 Å². The molecule has 1 aromatic rings. The number of aliphatic hydroxyl groups excluding tert-OH is 1. The standard InChI is InChI=1S/C18H24O4/c1-4-5-14-10-17(19)18(2,20)11-16(14)22-12-13-6-8-15(21-3)9-7-13/h6-9,14,16-17,19-20H,10-12H2,1-3H3/t14-,16-,17+,18-/m0/s1.